The summed E-state index contributed by atoms with van der Waals surface area (Å²) in [6, 6.07) is 12.2. The first kappa shape index (κ1) is 14.3. The molecule has 2 rings (SSSR count). The molecular formula is C17H19BrO. The summed E-state index contributed by atoms with van der Waals surface area (Å²) in [7, 11) is 0. The summed E-state index contributed by atoms with van der Waals surface area (Å²) in [5.74, 6) is 0. The van der Waals surface area contributed by atoms with E-state index >= 15 is 0 Å². The molecule has 0 fully saturated rings. The van der Waals surface area contributed by atoms with Gasteiger partial charge in [-0.1, -0.05) is 58.7 Å². The van der Waals surface area contributed by atoms with Crippen LogP contribution in [0.5, 0.6) is 0 Å². The summed E-state index contributed by atoms with van der Waals surface area (Å²) < 4.78 is 0.968. The molecule has 0 heterocycles. The predicted molar refractivity (Wildman–Crippen MR) is 83.5 cm³/mol. The molecule has 0 saturated carbocycles. The topological polar surface area (TPSA) is 20.2 Å². The van der Waals surface area contributed by atoms with E-state index in [1.54, 1.807) is 0 Å². The van der Waals surface area contributed by atoms with Crippen molar-refractivity contribution in [1.82, 2.24) is 0 Å². The van der Waals surface area contributed by atoms with E-state index in [1.165, 1.54) is 16.7 Å². The Morgan fingerprint density at radius 2 is 1.74 bits per heavy atom. The van der Waals surface area contributed by atoms with Gasteiger partial charge in [0.1, 0.15) is 6.10 Å². The van der Waals surface area contributed by atoms with Gasteiger partial charge in [0.05, 0.1) is 0 Å². The Morgan fingerprint density at radius 1 is 1.11 bits per heavy atom. The fraction of sp³-hybridized carbons (Fsp3) is 0.294. The molecule has 0 amide bonds. The number of hydrogen-bond acceptors (Lipinski definition) is 1. The lowest BCUT2D eigenvalue weighted by Crippen LogP contribution is -2.03. The summed E-state index contributed by atoms with van der Waals surface area (Å²) in [6.45, 7) is 6.29. The van der Waals surface area contributed by atoms with Crippen LogP contribution in [0.25, 0.3) is 0 Å². The van der Waals surface area contributed by atoms with Gasteiger partial charge in [0, 0.05) is 4.47 Å². The Labute approximate surface area is 123 Å². The minimum atomic E-state index is -0.583. The average Bonchev–Trinajstić information content (AvgIpc) is 2.39. The van der Waals surface area contributed by atoms with Gasteiger partial charge in [-0.05, 0) is 48.6 Å². The summed E-state index contributed by atoms with van der Waals surface area (Å²) in [5.41, 5.74) is 5.61. The van der Waals surface area contributed by atoms with Crippen LogP contribution in [0.2, 0.25) is 0 Å². The van der Waals surface area contributed by atoms with Gasteiger partial charge in [0.15, 0.2) is 0 Å². The molecule has 2 aromatic carbocycles. The van der Waals surface area contributed by atoms with E-state index in [9.17, 15) is 5.11 Å². The van der Waals surface area contributed by atoms with Gasteiger partial charge in [-0.2, -0.15) is 0 Å². The molecule has 2 heteroatoms. The molecule has 0 bridgehead atoms. The average molecular weight is 319 g/mol. The van der Waals surface area contributed by atoms with Gasteiger partial charge >= 0.3 is 0 Å². The van der Waals surface area contributed by atoms with Crippen molar-refractivity contribution in [3.63, 3.8) is 0 Å². The highest BCUT2D eigenvalue weighted by Crippen LogP contribution is 2.31. The number of aliphatic hydroxyl groups is 1. The maximum Gasteiger partial charge on any atom is 0.105 e. The van der Waals surface area contributed by atoms with Crippen molar-refractivity contribution in [1.29, 1.82) is 0 Å². The first-order valence-electron chi connectivity index (χ1n) is 6.56. The van der Waals surface area contributed by atoms with Crippen LogP contribution in [0.15, 0.2) is 40.9 Å². The van der Waals surface area contributed by atoms with Crippen molar-refractivity contribution in [3.05, 3.63) is 68.7 Å². The van der Waals surface area contributed by atoms with Crippen molar-refractivity contribution in [2.75, 3.05) is 0 Å². The summed E-state index contributed by atoms with van der Waals surface area (Å²) in [5, 5.41) is 10.5. The molecule has 1 nitrogen and oxygen atoms in total. The Bertz CT molecular complexity index is 573. The van der Waals surface area contributed by atoms with Crippen molar-refractivity contribution in [2.45, 2.75) is 33.3 Å². The normalized spacial score (nSPS) is 12.5. The highest BCUT2D eigenvalue weighted by atomic mass is 79.9. The third kappa shape index (κ3) is 3.07. The van der Waals surface area contributed by atoms with E-state index in [0.717, 1.165) is 22.0 Å². The maximum absolute atomic E-state index is 10.5. The first-order chi connectivity index (χ1) is 9.02. The van der Waals surface area contributed by atoms with Gasteiger partial charge in [-0.3, -0.25) is 0 Å². The van der Waals surface area contributed by atoms with Crippen LogP contribution in [0.1, 0.15) is 40.8 Å². The lowest BCUT2D eigenvalue weighted by atomic mass is 9.96. The van der Waals surface area contributed by atoms with Crippen LogP contribution in [-0.4, -0.2) is 5.11 Å². The minimum Gasteiger partial charge on any atom is -0.384 e. The van der Waals surface area contributed by atoms with Gasteiger partial charge < -0.3 is 5.11 Å². The predicted octanol–water partition coefficient (Wildman–Crippen LogP) is 4.71. The van der Waals surface area contributed by atoms with Crippen molar-refractivity contribution in [3.8, 4) is 0 Å². The fourth-order valence-electron chi connectivity index (χ4n) is 2.26. The van der Waals surface area contributed by atoms with Gasteiger partial charge in [0.25, 0.3) is 0 Å². The molecule has 2 aromatic rings. The number of aliphatic hydroxyl groups excluding tert-OH is 1. The Balaban J connectivity index is 2.43. The lowest BCUT2D eigenvalue weighted by molar-refractivity contribution is 0.219. The molecule has 100 valence electrons. The fourth-order valence-corrected chi connectivity index (χ4v) is 2.93. The summed E-state index contributed by atoms with van der Waals surface area (Å²) >= 11 is 3.56. The monoisotopic (exact) mass is 318 g/mol. The van der Waals surface area contributed by atoms with Crippen LogP contribution in [0.4, 0.5) is 0 Å². The zero-order chi connectivity index (χ0) is 14.0. The summed E-state index contributed by atoms with van der Waals surface area (Å²) in [6.07, 6.45) is 0.396. The molecule has 1 N–H and O–H groups in total. The molecule has 0 radical (unpaired) electrons. The van der Waals surface area contributed by atoms with E-state index in [2.05, 4.69) is 41.9 Å². The van der Waals surface area contributed by atoms with Crippen LogP contribution in [0.3, 0.4) is 0 Å². The molecule has 0 saturated heterocycles. The standard InChI is InChI=1S/C17H19BrO/c1-4-13-10-15(16(18)9-12(13)3)17(19)14-7-5-11(2)6-8-14/h5-10,17,19H,4H2,1-3H3. The van der Waals surface area contributed by atoms with Gasteiger partial charge in [0.2, 0.25) is 0 Å². The van der Waals surface area contributed by atoms with Crippen LogP contribution in [0, 0.1) is 13.8 Å². The second-order valence-corrected chi connectivity index (χ2v) is 5.82. The molecule has 0 aromatic heterocycles. The largest absolute Gasteiger partial charge is 0.384 e. The zero-order valence-corrected chi connectivity index (χ0v) is 13.2. The number of aryl methyl sites for hydroxylation is 3. The maximum atomic E-state index is 10.5. The van der Waals surface area contributed by atoms with E-state index in [1.807, 2.05) is 31.2 Å². The molecule has 0 aliphatic heterocycles. The lowest BCUT2D eigenvalue weighted by Gasteiger charge is -2.16. The zero-order valence-electron chi connectivity index (χ0n) is 11.6. The Hall–Kier alpha value is -1.12. The number of hydrogen-bond donors (Lipinski definition) is 1. The smallest absolute Gasteiger partial charge is 0.105 e. The minimum absolute atomic E-state index is 0.583. The first-order valence-corrected chi connectivity index (χ1v) is 7.35. The molecule has 0 aliphatic rings. The second-order valence-electron chi connectivity index (χ2n) is 4.97. The van der Waals surface area contributed by atoms with E-state index in [4.69, 9.17) is 0 Å². The van der Waals surface area contributed by atoms with Gasteiger partial charge in [-0.15, -0.1) is 0 Å². The third-order valence-electron chi connectivity index (χ3n) is 3.52. The Kier molecular flexibility index (Phi) is 4.43. The van der Waals surface area contributed by atoms with Crippen molar-refractivity contribution < 1.29 is 5.11 Å². The van der Waals surface area contributed by atoms with Crippen LogP contribution in [-0.2, 0) is 6.42 Å². The van der Waals surface area contributed by atoms with Crippen LogP contribution >= 0.6 is 15.9 Å². The SMILES string of the molecule is CCc1cc(C(O)c2ccc(C)cc2)c(Br)cc1C. The van der Waals surface area contributed by atoms with Crippen molar-refractivity contribution >= 4 is 15.9 Å². The van der Waals surface area contributed by atoms with Crippen molar-refractivity contribution in [2.24, 2.45) is 0 Å². The van der Waals surface area contributed by atoms with E-state index < -0.39 is 6.10 Å². The number of benzene rings is 2. The molecule has 0 spiro atoms. The number of rotatable bonds is 3. The molecule has 0 aliphatic carbocycles. The number of halogens is 1. The third-order valence-corrected chi connectivity index (χ3v) is 4.21. The second kappa shape index (κ2) is 5.89. The summed E-state index contributed by atoms with van der Waals surface area (Å²) in [4.78, 5) is 0. The highest BCUT2D eigenvalue weighted by molar-refractivity contribution is 9.10. The quantitative estimate of drug-likeness (QED) is 0.868. The molecule has 1 unspecified atom stereocenters. The highest BCUT2D eigenvalue weighted by Gasteiger charge is 2.15. The van der Waals surface area contributed by atoms with Gasteiger partial charge in [-0.25, -0.2) is 0 Å². The molecule has 19 heavy (non-hydrogen) atoms. The molecular weight excluding hydrogens is 300 g/mol. The Morgan fingerprint density at radius 3 is 2.32 bits per heavy atom. The molecule has 1 atom stereocenters. The van der Waals surface area contributed by atoms with E-state index in [0.29, 0.717) is 0 Å². The van der Waals surface area contributed by atoms with Crippen LogP contribution < -0.4 is 0 Å². The van der Waals surface area contributed by atoms with E-state index in [-0.39, 0.29) is 0 Å².